The molecule has 0 fully saturated rings. The molecule has 1 N–H and O–H groups in total. The molecule has 0 saturated carbocycles. The molecule has 0 aliphatic rings. The van der Waals surface area contributed by atoms with Gasteiger partial charge in [0.2, 0.25) is 0 Å². The van der Waals surface area contributed by atoms with Crippen LogP contribution in [0.5, 0.6) is 0 Å². The number of hydrogen-bond acceptors (Lipinski definition) is 6. The summed E-state index contributed by atoms with van der Waals surface area (Å²) in [4.78, 5) is 9.94. The van der Waals surface area contributed by atoms with Gasteiger partial charge in [-0.05, 0) is 26.8 Å². The zero-order valence-electron chi connectivity index (χ0n) is 11.0. The summed E-state index contributed by atoms with van der Waals surface area (Å²) in [5, 5.41) is 17.6. The fraction of sp³-hybridized carbons (Fsp3) is 0.417. The maximum Gasteiger partial charge on any atom is 0.433 e. The largest absolute Gasteiger partial charge is 0.433 e. The van der Waals surface area contributed by atoms with Crippen LogP contribution >= 0.6 is 0 Å². The third kappa shape index (κ3) is 2.82. The molecule has 0 aromatic carbocycles. The first-order chi connectivity index (χ1) is 8.99. The Labute approximate surface area is 109 Å². The predicted octanol–water partition coefficient (Wildman–Crippen LogP) is 2.64. The van der Waals surface area contributed by atoms with Crippen LogP contribution in [0, 0.1) is 24.0 Å². The summed E-state index contributed by atoms with van der Waals surface area (Å²) in [5.74, 6) is 1.04. The Morgan fingerprint density at radius 3 is 2.74 bits per heavy atom. The van der Waals surface area contributed by atoms with Crippen LogP contribution in [0.25, 0.3) is 0 Å². The van der Waals surface area contributed by atoms with Crippen LogP contribution in [0.4, 0.5) is 5.88 Å². The zero-order chi connectivity index (χ0) is 14.0. The SMILES string of the molecule is Cc1noc(C)c1C(C)NCc1ccc([N+](=O)[O-])o1. The Bertz CT molecular complexity index is 568. The van der Waals surface area contributed by atoms with Crippen molar-refractivity contribution in [1.82, 2.24) is 10.5 Å². The van der Waals surface area contributed by atoms with Crippen molar-refractivity contribution in [2.45, 2.75) is 33.4 Å². The minimum Gasteiger partial charge on any atom is -0.404 e. The molecule has 19 heavy (non-hydrogen) atoms. The Kier molecular flexibility index (Phi) is 3.66. The van der Waals surface area contributed by atoms with E-state index in [-0.39, 0.29) is 11.9 Å². The van der Waals surface area contributed by atoms with Crippen molar-refractivity contribution >= 4 is 5.88 Å². The summed E-state index contributed by atoms with van der Waals surface area (Å²) in [6.45, 7) is 6.11. The fourth-order valence-corrected chi connectivity index (χ4v) is 2.02. The number of nitro groups is 1. The lowest BCUT2D eigenvalue weighted by atomic mass is 10.1. The van der Waals surface area contributed by atoms with Crippen molar-refractivity contribution in [3.05, 3.63) is 45.0 Å². The van der Waals surface area contributed by atoms with Crippen molar-refractivity contribution in [3.63, 3.8) is 0 Å². The highest BCUT2D eigenvalue weighted by atomic mass is 16.6. The van der Waals surface area contributed by atoms with E-state index in [1.165, 1.54) is 6.07 Å². The molecule has 2 aromatic rings. The standard InChI is InChI=1S/C12H15N3O4/c1-7(12-8(2)14-19-9(12)3)13-6-10-4-5-11(18-10)15(16)17/h4-5,7,13H,6H2,1-3H3. The van der Waals surface area contributed by atoms with Crippen molar-refractivity contribution in [3.8, 4) is 0 Å². The van der Waals surface area contributed by atoms with E-state index in [2.05, 4.69) is 10.5 Å². The molecule has 1 unspecified atom stereocenters. The lowest BCUT2D eigenvalue weighted by Gasteiger charge is -2.12. The molecule has 2 heterocycles. The molecule has 7 nitrogen and oxygen atoms in total. The summed E-state index contributed by atoms with van der Waals surface area (Å²) in [7, 11) is 0. The van der Waals surface area contributed by atoms with Crippen molar-refractivity contribution < 1.29 is 13.9 Å². The molecule has 0 amide bonds. The first-order valence-corrected chi connectivity index (χ1v) is 5.88. The van der Waals surface area contributed by atoms with Gasteiger partial charge in [-0.2, -0.15) is 0 Å². The van der Waals surface area contributed by atoms with E-state index in [9.17, 15) is 10.1 Å². The smallest absolute Gasteiger partial charge is 0.404 e. The van der Waals surface area contributed by atoms with Crippen molar-refractivity contribution in [2.24, 2.45) is 0 Å². The molecule has 2 rings (SSSR count). The van der Waals surface area contributed by atoms with E-state index < -0.39 is 4.92 Å². The molecule has 1 atom stereocenters. The summed E-state index contributed by atoms with van der Waals surface area (Å²) in [6.07, 6.45) is 0. The van der Waals surface area contributed by atoms with Crippen molar-refractivity contribution in [2.75, 3.05) is 0 Å². The first-order valence-electron chi connectivity index (χ1n) is 5.88. The monoisotopic (exact) mass is 265 g/mol. The van der Waals surface area contributed by atoms with E-state index in [1.54, 1.807) is 6.07 Å². The summed E-state index contributed by atoms with van der Waals surface area (Å²) < 4.78 is 10.2. The second kappa shape index (κ2) is 5.23. The van der Waals surface area contributed by atoms with Gasteiger partial charge in [0.15, 0.2) is 0 Å². The molecule has 0 spiro atoms. The minimum atomic E-state index is -0.554. The molecule has 0 bridgehead atoms. The Morgan fingerprint density at radius 2 is 2.21 bits per heavy atom. The summed E-state index contributed by atoms with van der Waals surface area (Å²) in [6, 6.07) is 2.96. The minimum absolute atomic E-state index is 0.0235. The van der Waals surface area contributed by atoms with E-state index in [4.69, 9.17) is 8.94 Å². The average molecular weight is 265 g/mol. The van der Waals surface area contributed by atoms with Gasteiger partial charge < -0.3 is 14.3 Å². The highest BCUT2D eigenvalue weighted by molar-refractivity contribution is 5.24. The zero-order valence-corrected chi connectivity index (χ0v) is 11.0. The summed E-state index contributed by atoms with van der Waals surface area (Å²) in [5.41, 5.74) is 1.84. The lowest BCUT2D eigenvalue weighted by Crippen LogP contribution is -2.18. The molecule has 7 heteroatoms. The molecular weight excluding hydrogens is 250 g/mol. The number of furan rings is 1. The quantitative estimate of drug-likeness (QED) is 0.659. The van der Waals surface area contributed by atoms with Crippen LogP contribution in [0.1, 0.15) is 35.7 Å². The molecule has 0 aliphatic carbocycles. The topological polar surface area (TPSA) is 94.3 Å². The van der Waals surface area contributed by atoms with E-state index in [0.29, 0.717) is 12.3 Å². The van der Waals surface area contributed by atoms with Gasteiger partial charge in [0.1, 0.15) is 16.4 Å². The second-order valence-corrected chi connectivity index (χ2v) is 4.34. The third-order valence-electron chi connectivity index (χ3n) is 2.93. The Hall–Kier alpha value is -2.15. The molecule has 102 valence electrons. The van der Waals surface area contributed by atoms with Gasteiger partial charge in [-0.3, -0.25) is 10.1 Å². The van der Waals surface area contributed by atoms with E-state index in [1.807, 2.05) is 20.8 Å². The summed E-state index contributed by atoms with van der Waals surface area (Å²) >= 11 is 0. The van der Waals surface area contributed by atoms with Gasteiger partial charge in [0.25, 0.3) is 0 Å². The van der Waals surface area contributed by atoms with Gasteiger partial charge in [-0.25, -0.2) is 0 Å². The number of hydrogen-bond donors (Lipinski definition) is 1. The van der Waals surface area contributed by atoms with Gasteiger partial charge in [-0.15, -0.1) is 0 Å². The fourth-order valence-electron chi connectivity index (χ4n) is 2.02. The second-order valence-electron chi connectivity index (χ2n) is 4.34. The third-order valence-corrected chi connectivity index (χ3v) is 2.93. The van der Waals surface area contributed by atoms with Gasteiger partial charge in [-0.1, -0.05) is 5.16 Å². The number of nitrogens with zero attached hydrogens (tertiary/aromatic N) is 2. The van der Waals surface area contributed by atoms with Crippen LogP contribution in [-0.4, -0.2) is 10.1 Å². The van der Waals surface area contributed by atoms with Gasteiger partial charge >= 0.3 is 5.88 Å². The average Bonchev–Trinajstić information content (AvgIpc) is 2.94. The van der Waals surface area contributed by atoms with Crippen LogP contribution in [-0.2, 0) is 6.54 Å². The van der Waals surface area contributed by atoms with Crippen LogP contribution < -0.4 is 5.32 Å². The lowest BCUT2D eigenvalue weighted by molar-refractivity contribution is -0.402. The van der Waals surface area contributed by atoms with Crippen molar-refractivity contribution in [1.29, 1.82) is 0 Å². The molecule has 0 saturated heterocycles. The van der Waals surface area contributed by atoms with Gasteiger partial charge in [0.05, 0.1) is 18.3 Å². The highest BCUT2D eigenvalue weighted by Crippen LogP contribution is 2.22. The van der Waals surface area contributed by atoms with E-state index >= 15 is 0 Å². The highest BCUT2D eigenvalue weighted by Gasteiger charge is 2.17. The number of aryl methyl sites for hydroxylation is 2. The number of aromatic nitrogens is 1. The number of rotatable bonds is 5. The van der Waals surface area contributed by atoms with Crippen LogP contribution in [0.2, 0.25) is 0 Å². The Balaban J connectivity index is 2.00. The first kappa shape index (κ1) is 13.3. The predicted molar refractivity (Wildman–Crippen MR) is 66.6 cm³/mol. The molecule has 2 aromatic heterocycles. The van der Waals surface area contributed by atoms with Crippen LogP contribution in [0.15, 0.2) is 21.1 Å². The maximum atomic E-state index is 10.5. The Morgan fingerprint density at radius 1 is 1.47 bits per heavy atom. The normalized spacial score (nSPS) is 12.6. The maximum absolute atomic E-state index is 10.5. The van der Waals surface area contributed by atoms with Gasteiger partial charge in [0, 0.05) is 11.6 Å². The van der Waals surface area contributed by atoms with Crippen LogP contribution in [0.3, 0.4) is 0 Å². The number of nitrogens with one attached hydrogen (secondary N) is 1. The molecule has 0 aliphatic heterocycles. The van der Waals surface area contributed by atoms with E-state index in [0.717, 1.165) is 17.0 Å². The molecular formula is C12H15N3O4. The molecule has 0 radical (unpaired) electrons.